The van der Waals surface area contributed by atoms with Gasteiger partial charge >= 0.3 is 0 Å². The number of anilines is 3. The van der Waals surface area contributed by atoms with Crippen LogP contribution in [-0.2, 0) is 6.54 Å². The summed E-state index contributed by atoms with van der Waals surface area (Å²) in [6.07, 6.45) is 0. The Hall–Kier alpha value is -4.89. The van der Waals surface area contributed by atoms with E-state index in [0.717, 1.165) is 22.4 Å². The first-order chi connectivity index (χ1) is 17.0. The van der Waals surface area contributed by atoms with Crippen LogP contribution in [0.4, 0.5) is 17.1 Å². The first-order valence-electron chi connectivity index (χ1n) is 11.1. The lowest BCUT2D eigenvalue weighted by Crippen LogP contribution is -2.27. The van der Waals surface area contributed by atoms with E-state index in [1.165, 1.54) is 4.90 Å². The Balaban J connectivity index is 1.35. The van der Waals surface area contributed by atoms with Crippen LogP contribution in [0.1, 0.15) is 31.8 Å². The van der Waals surface area contributed by atoms with Crippen molar-refractivity contribution in [2.75, 3.05) is 22.6 Å². The molecule has 0 saturated heterocycles. The van der Waals surface area contributed by atoms with Crippen molar-refractivity contribution in [3.05, 3.63) is 113 Å². The van der Waals surface area contributed by atoms with Gasteiger partial charge in [0.05, 0.1) is 29.6 Å². The Kier molecular flexibility index (Phi) is 5.52. The van der Waals surface area contributed by atoms with Gasteiger partial charge in [0, 0.05) is 23.9 Å². The summed E-state index contributed by atoms with van der Waals surface area (Å²) >= 11 is 0. The highest BCUT2D eigenvalue weighted by Gasteiger charge is 2.29. The Morgan fingerprint density at radius 3 is 2.31 bits per heavy atom. The Labute approximate surface area is 203 Å². The van der Waals surface area contributed by atoms with Crippen molar-refractivity contribution >= 4 is 28.9 Å². The molecule has 2 amide bonds. The third-order valence-corrected chi connectivity index (χ3v) is 6.29. The van der Waals surface area contributed by atoms with Gasteiger partial charge in [0.15, 0.2) is 0 Å². The minimum absolute atomic E-state index is 0.0698. The van der Waals surface area contributed by atoms with Crippen LogP contribution in [0.5, 0.6) is 0 Å². The molecule has 4 aromatic carbocycles. The van der Waals surface area contributed by atoms with Crippen LogP contribution in [0, 0.1) is 11.3 Å². The molecule has 1 heterocycles. The average Bonchev–Trinajstić information content (AvgIpc) is 3.24. The fourth-order valence-corrected chi connectivity index (χ4v) is 4.33. The molecule has 4 aromatic rings. The fraction of sp³-hybridized carbons (Fsp3) is 0.0690. The number of nitriles is 1. The van der Waals surface area contributed by atoms with E-state index >= 15 is 0 Å². The van der Waals surface area contributed by atoms with Crippen molar-refractivity contribution in [1.82, 2.24) is 0 Å². The number of nitrogens with zero attached hydrogens (tertiary/aromatic N) is 3. The van der Waals surface area contributed by atoms with Crippen LogP contribution in [-0.4, -0.2) is 18.9 Å². The maximum absolute atomic E-state index is 13.1. The number of para-hydroxylation sites is 2. The van der Waals surface area contributed by atoms with Gasteiger partial charge in [-0.15, -0.1) is 0 Å². The van der Waals surface area contributed by atoms with Gasteiger partial charge in [0.2, 0.25) is 0 Å². The number of fused-ring (bicyclic) bond motifs is 1. The minimum Gasteiger partial charge on any atom is -0.397 e. The first-order valence-corrected chi connectivity index (χ1v) is 11.1. The normalized spacial score (nSPS) is 12.2. The Bertz CT molecular complexity index is 1480. The highest BCUT2D eigenvalue weighted by atomic mass is 16.2. The number of nitrogen functional groups attached to an aromatic ring is 1. The standard InChI is InChI=1S/C29H22N4O2/c1-32(27-5-3-2-4-26(27)31)28(34)21-10-13-24(14-11-21)33-18-23-16-22(12-15-25(23)29(33)35)20-8-6-19(17-30)7-9-20/h2-16H,18,31H2,1H3. The number of benzene rings is 4. The maximum atomic E-state index is 13.1. The van der Waals surface area contributed by atoms with Gasteiger partial charge in [-0.25, -0.2) is 0 Å². The zero-order chi connectivity index (χ0) is 24.5. The van der Waals surface area contributed by atoms with Gasteiger partial charge in [-0.1, -0.05) is 30.3 Å². The predicted octanol–water partition coefficient (Wildman–Crippen LogP) is 5.24. The van der Waals surface area contributed by atoms with Gasteiger partial charge in [0.25, 0.3) is 11.8 Å². The van der Waals surface area contributed by atoms with Gasteiger partial charge in [-0.3, -0.25) is 9.59 Å². The molecule has 0 unspecified atom stereocenters. The second kappa shape index (κ2) is 8.81. The molecule has 0 atom stereocenters. The molecule has 5 rings (SSSR count). The van der Waals surface area contributed by atoms with E-state index in [4.69, 9.17) is 11.0 Å². The van der Waals surface area contributed by atoms with Gasteiger partial charge in [-0.05, 0) is 77.4 Å². The molecule has 6 nitrogen and oxygen atoms in total. The number of nitrogens with two attached hydrogens (primary N) is 1. The maximum Gasteiger partial charge on any atom is 0.258 e. The van der Waals surface area contributed by atoms with Crippen molar-refractivity contribution in [3.8, 4) is 17.2 Å². The molecule has 0 fully saturated rings. The third-order valence-electron chi connectivity index (χ3n) is 6.29. The Morgan fingerprint density at radius 1 is 0.943 bits per heavy atom. The highest BCUT2D eigenvalue weighted by Crippen LogP contribution is 2.32. The van der Waals surface area contributed by atoms with Crippen molar-refractivity contribution in [3.63, 3.8) is 0 Å². The monoisotopic (exact) mass is 458 g/mol. The quantitative estimate of drug-likeness (QED) is 0.423. The number of carbonyl (C=O) groups excluding carboxylic acids is 2. The van der Waals surface area contributed by atoms with Crippen LogP contribution < -0.4 is 15.5 Å². The molecule has 0 aromatic heterocycles. The van der Waals surface area contributed by atoms with E-state index in [-0.39, 0.29) is 11.8 Å². The average molecular weight is 459 g/mol. The van der Waals surface area contributed by atoms with E-state index in [1.807, 2.05) is 42.5 Å². The summed E-state index contributed by atoms with van der Waals surface area (Å²) in [6, 6.07) is 29.6. The van der Waals surface area contributed by atoms with Crippen LogP contribution >= 0.6 is 0 Å². The summed E-state index contributed by atoms with van der Waals surface area (Å²) in [7, 11) is 1.69. The van der Waals surface area contributed by atoms with Crippen molar-refractivity contribution < 1.29 is 9.59 Å². The zero-order valence-electron chi connectivity index (χ0n) is 19.1. The molecule has 35 heavy (non-hydrogen) atoms. The minimum atomic E-state index is -0.183. The number of hydrogen-bond acceptors (Lipinski definition) is 4. The molecule has 0 radical (unpaired) electrons. The summed E-state index contributed by atoms with van der Waals surface area (Å²) in [5.41, 5.74) is 12.6. The van der Waals surface area contributed by atoms with Crippen molar-refractivity contribution in [2.45, 2.75) is 6.54 Å². The van der Waals surface area contributed by atoms with E-state index < -0.39 is 0 Å². The lowest BCUT2D eigenvalue weighted by Gasteiger charge is -2.20. The molecule has 6 heteroatoms. The smallest absolute Gasteiger partial charge is 0.258 e. The molecular formula is C29H22N4O2. The molecule has 0 aliphatic carbocycles. The molecule has 2 N–H and O–H groups in total. The van der Waals surface area contributed by atoms with Crippen LogP contribution in [0.2, 0.25) is 0 Å². The fourth-order valence-electron chi connectivity index (χ4n) is 4.33. The molecular weight excluding hydrogens is 436 g/mol. The molecule has 170 valence electrons. The SMILES string of the molecule is CN(C(=O)c1ccc(N2Cc3cc(-c4ccc(C#N)cc4)ccc3C2=O)cc1)c1ccccc1N. The zero-order valence-corrected chi connectivity index (χ0v) is 19.1. The van der Waals surface area contributed by atoms with Gasteiger partial charge < -0.3 is 15.5 Å². The number of hydrogen-bond donors (Lipinski definition) is 1. The lowest BCUT2D eigenvalue weighted by atomic mass is 10.00. The first kappa shape index (κ1) is 21.9. The van der Waals surface area contributed by atoms with Crippen LogP contribution in [0.3, 0.4) is 0 Å². The topological polar surface area (TPSA) is 90.4 Å². The van der Waals surface area contributed by atoms with E-state index in [1.54, 1.807) is 60.5 Å². The Morgan fingerprint density at radius 2 is 1.63 bits per heavy atom. The number of rotatable bonds is 4. The lowest BCUT2D eigenvalue weighted by molar-refractivity contribution is 0.0988. The third kappa shape index (κ3) is 4.00. The highest BCUT2D eigenvalue weighted by molar-refractivity contribution is 6.11. The van der Waals surface area contributed by atoms with Crippen LogP contribution in [0.15, 0.2) is 91.0 Å². The van der Waals surface area contributed by atoms with Crippen molar-refractivity contribution in [2.24, 2.45) is 0 Å². The summed E-state index contributed by atoms with van der Waals surface area (Å²) in [5, 5.41) is 9.01. The predicted molar refractivity (Wildman–Crippen MR) is 137 cm³/mol. The largest absolute Gasteiger partial charge is 0.397 e. The summed E-state index contributed by atoms with van der Waals surface area (Å²) in [4.78, 5) is 29.3. The summed E-state index contributed by atoms with van der Waals surface area (Å²) in [6.45, 7) is 0.450. The van der Waals surface area contributed by atoms with Gasteiger partial charge in [-0.2, -0.15) is 5.26 Å². The van der Waals surface area contributed by atoms with Crippen molar-refractivity contribution in [1.29, 1.82) is 5.26 Å². The second-order valence-electron chi connectivity index (χ2n) is 8.42. The summed E-state index contributed by atoms with van der Waals surface area (Å²) < 4.78 is 0. The van der Waals surface area contributed by atoms with Crippen LogP contribution in [0.25, 0.3) is 11.1 Å². The molecule has 0 bridgehead atoms. The van der Waals surface area contributed by atoms with E-state index in [0.29, 0.717) is 34.6 Å². The second-order valence-corrected chi connectivity index (χ2v) is 8.42. The van der Waals surface area contributed by atoms with E-state index in [2.05, 4.69) is 6.07 Å². The molecule has 0 spiro atoms. The molecule has 0 saturated carbocycles. The number of carbonyl (C=O) groups is 2. The summed E-state index contributed by atoms with van der Waals surface area (Å²) in [5.74, 6) is -0.253. The molecule has 1 aliphatic heterocycles. The van der Waals surface area contributed by atoms with E-state index in [9.17, 15) is 9.59 Å². The number of amides is 2. The van der Waals surface area contributed by atoms with Gasteiger partial charge in [0.1, 0.15) is 0 Å². The molecule has 1 aliphatic rings.